The van der Waals surface area contributed by atoms with Crippen molar-refractivity contribution in [3.05, 3.63) is 47.9 Å². The quantitative estimate of drug-likeness (QED) is 0.810. The van der Waals surface area contributed by atoms with Crippen molar-refractivity contribution in [2.24, 2.45) is 0 Å². The van der Waals surface area contributed by atoms with Crippen molar-refractivity contribution in [1.29, 1.82) is 0 Å². The van der Waals surface area contributed by atoms with Crippen LogP contribution in [-0.4, -0.2) is 18.0 Å². The molecule has 0 saturated carbocycles. The van der Waals surface area contributed by atoms with E-state index in [4.69, 9.17) is 4.42 Å². The van der Waals surface area contributed by atoms with E-state index in [0.29, 0.717) is 0 Å². The number of allylic oxidation sites excluding steroid dienone is 1. The van der Waals surface area contributed by atoms with Gasteiger partial charge in [-0.1, -0.05) is 18.7 Å². The minimum absolute atomic E-state index is 0.965. The summed E-state index contributed by atoms with van der Waals surface area (Å²) in [6, 6.07) is 8.40. The van der Waals surface area contributed by atoms with E-state index in [1.807, 2.05) is 12.1 Å². The van der Waals surface area contributed by atoms with Crippen molar-refractivity contribution in [2.75, 3.05) is 13.1 Å². The summed E-state index contributed by atoms with van der Waals surface area (Å²) in [5.74, 6) is 1.08. The largest absolute Gasteiger partial charge is 0.461 e. The van der Waals surface area contributed by atoms with Crippen LogP contribution in [0.2, 0.25) is 0 Å². The number of hydrogen-bond acceptors (Lipinski definition) is 2. The summed E-state index contributed by atoms with van der Waals surface area (Å²) in [7, 11) is 0. The number of likely N-dealkylation sites (tertiary alicyclic amines) is 1. The Kier molecular flexibility index (Phi) is 2.86. The zero-order chi connectivity index (χ0) is 12.5. The van der Waals surface area contributed by atoms with E-state index < -0.39 is 0 Å². The van der Waals surface area contributed by atoms with Crippen LogP contribution < -0.4 is 0 Å². The lowest BCUT2D eigenvalue weighted by Gasteiger charge is -2.17. The van der Waals surface area contributed by atoms with Gasteiger partial charge < -0.3 is 9.32 Å². The van der Waals surface area contributed by atoms with E-state index >= 15 is 0 Å². The van der Waals surface area contributed by atoms with Crippen LogP contribution in [0.5, 0.6) is 0 Å². The lowest BCUT2D eigenvalue weighted by molar-refractivity contribution is 0.382. The molecule has 1 aliphatic heterocycles. The average Bonchev–Trinajstić information content (AvgIpc) is 2.93. The molecule has 0 spiro atoms. The Labute approximate surface area is 108 Å². The third-order valence-corrected chi connectivity index (χ3v) is 3.80. The first-order valence-corrected chi connectivity index (χ1v) is 6.65. The van der Waals surface area contributed by atoms with Crippen molar-refractivity contribution in [2.45, 2.75) is 26.2 Å². The van der Waals surface area contributed by atoms with Crippen molar-refractivity contribution in [3.8, 4) is 0 Å². The van der Waals surface area contributed by atoms with Gasteiger partial charge in [0.25, 0.3) is 0 Å². The first-order valence-electron chi connectivity index (χ1n) is 6.65. The van der Waals surface area contributed by atoms with E-state index in [0.717, 1.165) is 37.3 Å². The van der Waals surface area contributed by atoms with Gasteiger partial charge in [0.15, 0.2) is 0 Å². The molecule has 0 bridgehead atoms. The highest BCUT2D eigenvalue weighted by Crippen LogP contribution is 2.24. The van der Waals surface area contributed by atoms with Crippen molar-refractivity contribution in [1.82, 2.24) is 4.90 Å². The molecule has 1 fully saturated rings. The van der Waals surface area contributed by atoms with Gasteiger partial charge in [0, 0.05) is 30.6 Å². The Hall–Kier alpha value is -1.70. The number of benzene rings is 1. The molecule has 0 amide bonds. The van der Waals surface area contributed by atoms with Crippen LogP contribution in [0.4, 0.5) is 0 Å². The molecule has 0 unspecified atom stereocenters. The van der Waals surface area contributed by atoms with Gasteiger partial charge in [-0.25, -0.2) is 0 Å². The Bertz CT molecular complexity index is 582. The van der Waals surface area contributed by atoms with Crippen LogP contribution >= 0.6 is 0 Å². The smallest absolute Gasteiger partial charge is 0.134 e. The maximum Gasteiger partial charge on any atom is 0.134 e. The summed E-state index contributed by atoms with van der Waals surface area (Å²) in [5.41, 5.74) is 3.57. The van der Waals surface area contributed by atoms with Crippen molar-refractivity contribution < 1.29 is 4.42 Å². The highest BCUT2D eigenvalue weighted by Gasteiger charge is 2.15. The molecule has 3 rings (SSSR count). The Morgan fingerprint density at radius 3 is 3.00 bits per heavy atom. The molecule has 1 aromatic heterocycles. The number of fused-ring (bicyclic) bond motifs is 1. The van der Waals surface area contributed by atoms with E-state index in [-0.39, 0.29) is 0 Å². The molecule has 18 heavy (non-hydrogen) atoms. The molecule has 1 aliphatic rings. The van der Waals surface area contributed by atoms with Gasteiger partial charge >= 0.3 is 0 Å². The number of furan rings is 1. The van der Waals surface area contributed by atoms with E-state index in [2.05, 4.69) is 30.5 Å². The van der Waals surface area contributed by atoms with Crippen LogP contribution in [0.1, 0.15) is 24.2 Å². The van der Waals surface area contributed by atoms with Gasteiger partial charge in [-0.05, 0) is 37.5 Å². The fourth-order valence-electron chi connectivity index (χ4n) is 2.69. The van der Waals surface area contributed by atoms with Gasteiger partial charge in [0.05, 0.1) is 0 Å². The summed E-state index contributed by atoms with van der Waals surface area (Å²) in [6.07, 6.45) is 3.37. The van der Waals surface area contributed by atoms with Gasteiger partial charge in [-0.3, -0.25) is 0 Å². The topological polar surface area (TPSA) is 16.4 Å². The number of nitrogens with zero attached hydrogens (tertiary/aromatic N) is 1. The highest BCUT2D eigenvalue weighted by atomic mass is 16.3. The van der Waals surface area contributed by atoms with Gasteiger partial charge in [0.1, 0.15) is 11.3 Å². The molecule has 0 aliphatic carbocycles. The Morgan fingerprint density at radius 2 is 2.28 bits per heavy atom. The summed E-state index contributed by atoms with van der Waals surface area (Å²) < 4.78 is 5.89. The van der Waals surface area contributed by atoms with Crippen molar-refractivity contribution >= 4 is 11.0 Å². The summed E-state index contributed by atoms with van der Waals surface area (Å²) in [4.78, 5) is 2.38. The molecule has 0 N–H and O–H groups in total. The molecule has 1 aromatic carbocycles. The van der Waals surface area contributed by atoms with Crippen LogP contribution in [0.15, 0.2) is 41.0 Å². The zero-order valence-corrected chi connectivity index (χ0v) is 10.9. The Balaban J connectivity index is 1.75. The lowest BCUT2D eigenvalue weighted by atomic mass is 10.1. The van der Waals surface area contributed by atoms with E-state index in [9.17, 15) is 0 Å². The molecule has 94 valence electrons. The third-order valence-electron chi connectivity index (χ3n) is 3.80. The maximum atomic E-state index is 5.89. The predicted molar refractivity (Wildman–Crippen MR) is 74.6 cm³/mol. The summed E-state index contributed by atoms with van der Waals surface area (Å²) in [6.45, 7) is 8.41. The normalized spacial score (nSPS) is 15.8. The molecule has 2 heterocycles. The first-order chi connectivity index (χ1) is 8.74. The fraction of sp³-hybridized carbons (Fsp3) is 0.375. The standard InChI is InChI=1S/C16H19NO/c1-12-5-3-7-16-15(12)11-14(18-16)8-10-17-9-4-6-13(17)2/h3,5,7,11H,2,4,6,8-10H2,1H3. The SMILES string of the molecule is C=C1CCCN1CCc1cc2c(C)cccc2o1. The van der Waals surface area contributed by atoms with Crippen LogP contribution in [0, 0.1) is 6.92 Å². The van der Waals surface area contributed by atoms with Gasteiger partial charge in [-0.15, -0.1) is 0 Å². The number of hydrogen-bond donors (Lipinski definition) is 0. The summed E-state index contributed by atoms with van der Waals surface area (Å²) >= 11 is 0. The maximum absolute atomic E-state index is 5.89. The molecular weight excluding hydrogens is 222 g/mol. The van der Waals surface area contributed by atoms with Crippen molar-refractivity contribution in [3.63, 3.8) is 0 Å². The first kappa shape index (κ1) is 11.4. The Morgan fingerprint density at radius 1 is 1.39 bits per heavy atom. The average molecular weight is 241 g/mol. The fourth-order valence-corrected chi connectivity index (χ4v) is 2.69. The zero-order valence-electron chi connectivity index (χ0n) is 10.9. The molecule has 2 nitrogen and oxygen atoms in total. The minimum atomic E-state index is 0.965. The predicted octanol–water partition coefficient (Wildman–Crippen LogP) is 3.89. The molecule has 0 atom stereocenters. The van der Waals surface area contributed by atoms with Crippen LogP contribution in [-0.2, 0) is 6.42 Å². The highest BCUT2D eigenvalue weighted by molar-refractivity contribution is 5.81. The molecular formula is C16H19NO. The van der Waals surface area contributed by atoms with E-state index in [1.165, 1.54) is 23.1 Å². The second-order valence-electron chi connectivity index (χ2n) is 5.11. The molecule has 1 saturated heterocycles. The molecule has 2 heteroatoms. The second kappa shape index (κ2) is 4.52. The molecule has 2 aromatic rings. The van der Waals surface area contributed by atoms with E-state index in [1.54, 1.807) is 0 Å². The minimum Gasteiger partial charge on any atom is -0.461 e. The monoisotopic (exact) mass is 241 g/mol. The summed E-state index contributed by atoms with van der Waals surface area (Å²) in [5, 5.41) is 1.24. The van der Waals surface area contributed by atoms with Gasteiger partial charge in [0.2, 0.25) is 0 Å². The lowest BCUT2D eigenvalue weighted by Crippen LogP contribution is -2.19. The molecule has 0 radical (unpaired) electrons. The number of rotatable bonds is 3. The third kappa shape index (κ3) is 2.03. The van der Waals surface area contributed by atoms with Crippen LogP contribution in [0.3, 0.4) is 0 Å². The van der Waals surface area contributed by atoms with Crippen LogP contribution in [0.25, 0.3) is 11.0 Å². The van der Waals surface area contributed by atoms with Gasteiger partial charge in [-0.2, -0.15) is 0 Å². The second-order valence-corrected chi connectivity index (χ2v) is 5.11. The number of aryl methyl sites for hydroxylation is 1.